The quantitative estimate of drug-likeness (QED) is 0.123. The summed E-state index contributed by atoms with van der Waals surface area (Å²) in [7, 11) is 6.62. The van der Waals surface area contributed by atoms with E-state index in [1.165, 1.54) is 33.3 Å². The molecule has 4 aromatic heterocycles. The van der Waals surface area contributed by atoms with Gasteiger partial charge in [-0.15, -0.1) is 0 Å². The standard InChI is InChI=1S/C26H32ClN5O3.C24H27ClN4O4.C3H8.2CH4/c1-16-8-17(2)14-32(13-16)26-28-12-20(27)21(29-26)10-18-6-7-22-19(9-18)11-23(25(34)31(22)5)35-15-24(33)30(3)4;1-14-6-15(2)12-29(11-14)24-26-10-18(25)19(27-24)8-16-4-5-20-17(7-16)9-21(23(32)28(20)3)33-13-22(30)31;1-3-2;;/h6-7,9,11-12,16-17H,8,10,13-15H2,1-5H3;4-5,7,9-10,14-15H,6,8,11-13H2,1-3H3,(H,30,31);3H2,1-2H3;2*1H4/t16-,17+;14-,15+;;;. The minimum atomic E-state index is -1.14. The van der Waals surface area contributed by atoms with Crippen LogP contribution in [0.15, 0.2) is 70.5 Å². The van der Waals surface area contributed by atoms with Gasteiger partial charge in [-0.05, 0) is 84.0 Å². The summed E-state index contributed by atoms with van der Waals surface area (Å²) in [4.78, 5) is 72.3. The average molecular weight is 1050 g/mol. The minimum absolute atomic E-state index is 0. The van der Waals surface area contributed by atoms with Crippen molar-refractivity contribution in [2.75, 3.05) is 63.3 Å². The summed E-state index contributed by atoms with van der Waals surface area (Å²) in [6, 6.07) is 14.9. The van der Waals surface area contributed by atoms with E-state index < -0.39 is 12.6 Å². The molecule has 6 heterocycles. The first-order valence-corrected chi connectivity index (χ1v) is 25.0. The van der Waals surface area contributed by atoms with Crippen LogP contribution in [-0.4, -0.2) is 104 Å². The second-order valence-electron chi connectivity index (χ2n) is 19.5. The van der Waals surface area contributed by atoms with Crippen LogP contribution in [0.25, 0.3) is 21.8 Å². The predicted molar refractivity (Wildman–Crippen MR) is 295 cm³/mol. The molecule has 0 radical (unpaired) electrons. The zero-order valence-corrected chi connectivity index (χ0v) is 44.1. The van der Waals surface area contributed by atoms with Crippen molar-refractivity contribution in [2.24, 2.45) is 37.8 Å². The largest absolute Gasteiger partial charge is 0.479 e. The van der Waals surface area contributed by atoms with E-state index in [1.807, 2.05) is 36.4 Å². The highest BCUT2D eigenvalue weighted by molar-refractivity contribution is 6.31. The molecule has 0 aliphatic carbocycles. The summed E-state index contributed by atoms with van der Waals surface area (Å²) in [6.45, 7) is 16.2. The normalized spacial score (nSPS) is 17.3. The molecule has 0 unspecified atom stereocenters. The molecule has 16 nitrogen and oxygen atoms in total. The number of fused-ring (bicyclic) bond motifs is 2. The van der Waals surface area contributed by atoms with Crippen molar-refractivity contribution in [3.8, 4) is 11.5 Å². The fraction of sp³-hybridized carbons (Fsp3) is 0.491. The first-order valence-electron chi connectivity index (χ1n) is 24.2. The molecular formula is C55H75Cl2N9O7. The number of aryl methyl sites for hydroxylation is 2. The van der Waals surface area contributed by atoms with Crippen molar-refractivity contribution < 1.29 is 24.2 Å². The van der Waals surface area contributed by atoms with Gasteiger partial charge in [0, 0.05) is 78.0 Å². The van der Waals surface area contributed by atoms with Crippen LogP contribution in [0, 0.1) is 23.7 Å². The molecule has 2 fully saturated rings. The number of carbonyl (C=O) groups excluding carboxylic acids is 1. The molecule has 73 heavy (non-hydrogen) atoms. The number of hydrogen-bond donors (Lipinski definition) is 1. The van der Waals surface area contributed by atoms with Gasteiger partial charge in [0.2, 0.25) is 11.9 Å². The second kappa shape index (κ2) is 26.6. The minimum Gasteiger partial charge on any atom is -0.479 e. The van der Waals surface area contributed by atoms with E-state index in [4.69, 9.17) is 47.8 Å². The van der Waals surface area contributed by atoms with Crippen molar-refractivity contribution in [1.29, 1.82) is 0 Å². The Kier molecular flexibility index (Phi) is 21.6. The van der Waals surface area contributed by atoms with Crippen LogP contribution in [0.3, 0.4) is 0 Å². The maximum Gasteiger partial charge on any atom is 0.341 e. The Morgan fingerprint density at radius 2 is 1.03 bits per heavy atom. The Morgan fingerprint density at radius 3 is 1.38 bits per heavy atom. The fourth-order valence-corrected chi connectivity index (χ4v) is 9.53. The van der Waals surface area contributed by atoms with Crippen molar-refractivity contribution in [2.45, 2.75) is 88.5 Å². The Morgan fingerprint density at radius 1 is 0.658 bits per heavy atom. The zero-order chi connectivity index (χ0) is 51.7. The number of likely N-dealkylation sites (N-methyl/N-ethyl adjacent to an activating group) is 1. The first kappa shape index (κ1) is 59.3. The van der Waals surface area contributed by atoms with Gasteiger partial charge in [0.15, 0.2) is 24.7 Å². The number of aliphatic carboxylic acids is 1. The molecule has 0 spiro atoms. The van der Waals surface area contributed by atoms with Crippen LogP contribution in [0.1, 0.15) is 98.2 Å². The molecular weight excluding hydrogens is 970 g/mol. The van der Waals surface area contributed by atoms with Gasteiger partial charge in [0.05, 0.1) is 44.9 Å². The van der Waals surface area contributed by atoms with Gasteiger partial charge < -0.3 is 38.4 Å². The third-order valence-electron chi connectivity index (χ3n) is 12.4. The maximum atomic E-state index is 12.7. The van der Waals surface area contributed by atoms with Gasteiger partial charge in [-0.25, -0.2) is 24.7 Å². The highest BCUT2D eigenvalue weighted by Crippen LogP contribution is 2.29. The molecule has 8 rings (SSSR count). The molecule has 2 aliphatic rings. The van der Waals surface area contributed by atoms with Gasteiger partial charge in [-0.2, -0.15) is 0 Å². The number of pyridine rings is 2. The highest BCUT2D eigenvalue weighted by atomic mass is 35.5. The fourth-order valence-electron chi connectivity index (χ4n) is 9.22. The number of anilines is 2. The SMILES string of the molecule is C.C.CCC.C[C@@H]1C[C@H](C)CN(c2ncc(Cl)c(Cc3ccc4c(c3)cc(OCC(=O)N(C)C)c(=O)n4C)n2)C1.C[C@@H]1C[C@H](C)CN(c2ncc(Cl)c(Cc3ccc4c(c3)cc(OCC(=O)O)c(=O)n4C)n2)C1. The number of rotatable bonds is 12. The van der Waals surface area contributed by atoms with Crippen molar-refractivity contribution in [3.05, 3.63) is 114 Å². The number of ether oxygens (including phenoxy) is 2. The Balaban J connectivity index is 0.000000293. The predicted octanol–water partition coefficient (Wildman–Crippen LogP) is 9.73. The lowest BCUT2D eigenvalue weighted by molar-refractivity contribution is -0.139. The molecule has 6 aromatic rings. The molecule has 0 saturated carbocycles. The van der Waals surface area contributed by atoms with Gasteiger partial charge in [0.1, 0.15) is 0 Å². The Labute approximate surface area is 440 Å². The smallest absolute Gasteiger partial charge is 0.341 e. The summed E-state index contributed by atoms with van der Waals surface area (Å²) in [6.07, 6.45) is 8.03. The summed E-state index contributed by atoms with van der Waals surface area (Å²) < 4.78 is 13.7. The highest BCUT2D eigenvalue weighted by Gasteiger charge is 2.26. The van der Waals surface area contributed by atoms with E-state index in [2.05, 4.69) is 61.3 Å². The molecule has 396 valence electrons. The number of carboxylic acid groups (broad SMARTS) is 1. The van der Waals surface area contributed by atoms with Crippen molar-refractivity contribution in [3.63, 3.8) is 0 Å². The van der Waals surface area contributed by atoms with Crippen molar-refractivity contribution in [1.82, 2.24) is 34.0 Å². The molecule has 2 saturated heterocycles. The van der Waals surface area contributed by atoms with E-state index in [0.717, 1.165) is 70.5 Å². The molecule has 2 aromatic carbocycles. The lowest BCUT2D eigenvalue weighted by Gasteiger charge is -2.35. The molecule has 1 N–H and O–H groups in total. The topological polar surface area (TPSA) is 178 Å². The number of carboxylic acids is 1. The molecule has 2 aliphatic heterocycles. The van der Waals surface area contributed by atoms with Crippen LogP contribution in [0.5, 0.6) is 11.5 Å². The number of amides is 1. The van der Waals surface area contributed by atoms with Gasteiger partial charge >= 0.3 is 5.97 Å². The van der Waals surface area contributed by atoms with E-state index in [0.29, 0.717) is 58.5 Å². The number of aromatic nitrogens is 6. The maximum absolute atomic E-state index is 12.7. The zero-order valence-electron chi connectivity index (χ0n) is 42.5. The number of nitrogens with zero attached hydrogens (tertiary/aromatic N) is 9. The number of halogens is 2. The summed E-state index contributed by atoms with van der Waals surface area (Å²) in [5.41, 5.74) is 4.28. The van der Waals surface area contributed by atoms with Crippen molar-refractivity contribution >= 4 is 68.8 Å². The van der Waals surface area contributed by atoms with Crippen LogP contribution < -0.4 is 30.4 Å². The number of piperidine rings is 2. The van der Waals surface area contributed by atoms with E-state index in [9.17, 15) is 19.2 Å². The first-order chi connectivity index (χ1) is 33.7. The Hall–Kier alpha value is -6.26. The molecule has 18 heteroatoms. The lowest BCUT2D eigenvalue weighted by Crippen LogP contribution is -2.39. The van der Waals surface area contributed by atoms with E-state index >= 15 is 0 Å². The number of carbonyl (C=O) groups is 2. The van der Waals surface area contributed by atoms with Gasteiger partial charge in [-0.1, -0.05) is 98.2 Å². The third kappa shape index (κ3) is 15.4. The summed E-state index contributed by atoms with van der Waals surface area (Å²) in [5.74, 6) is 2.56. The van der Waals surface area contributed by atoms with Crippen LogP contribution in [-0.2, 0) is 36.5 Å². The van der Waals surface area contributed by atoms with Crippen LogP contribution in [0.2, 0.25) is 10.0 Å². The lowest BCUT2D eigenvalue weighted by atomic mass is 9.92. The number of hydrogen-bond acceptors (Lipinski definition) is 12. The molecule has 0 bridgehead atoms. The molecule has 4 atom stereocenters. The third-order valence-corrected chi connectivity index (χ3v) is 13.0. The molecule has 1 amide bonds. The van der Waals surface area contributed by atoms with E-state index in [1.54, 1.807) is 52.7 Å². The van der Waals surface area contributed by atoms with E-state index in [-0.39, 0.29) is 50.0 Å². The Bertz CT molecular complexity index is 2960. The summed E-state index contributed by atoms with van der Waals surface area (Å²) in [5, 5.41) is 11.5. The van der Waals surface area contributed by atoms with Crippen LogP contribution >= 0.6 is 23.2 Å². The average Bonchev–Trinajstić information content (AvgIpc) is 3.31. The van der Waals surface area contributed by atoms with Gasteiger partial charge in [0.25, 0.3) is 17.0 Å². The summed E-state index contributed by atoms with van der Waals surface area (Å²) >= 11 is 12.9. The second-order valence-corrected chi connectivity index (χ2v) is 20.3. The number of benzene rings is 2. The monoisotopic (exact) mass is 1040 g/mol. The van der Waals surface area contributed by atoms with Gasteiger partial charge in [-0.3, -0.25) is 14.4 Å². The van der Waals surface area contributed by atoms with Crippen LogP contribution in [0.4, 0.5) is 11.9 Å².